The molecule has 5 rings (SSSR count). The van der Waals surface area contributed by atoms with Gasteiger partial charge in [0.05, 0.1) is 36.3 Å². The van der Waals surface area contributed by atoms with E-state index in [0.717, 1.165) is 59.5 Å². The smallest absolute Gasteiger partial charge is 0.171 e. The van der Waals surface area contributed by atoms with Gasteiger partial charge in [0.25, 0.3) is 0 Å². The summed E-state index contributed by atoms with van der Waals surface area (Å²) < 4.78 is 1.80. The van der Waals surface area contributed by atoms with Crippen molar-refractivity contribution in [2.45, 2.75) is 45.2 Å². The van der Waals surface area contributed by atoms with Crippen LogP contribution in [0.25, 0.3) is 22.0 Å². The topological polar surface area (TPSA) is 88.8 Å². The number of likely N-dealkylation sites (tertiary alicyclic amines) is 1. The molecule has 0 aliphatic carbocycles. The van der Waals surface area contributed by atoms with Crippen LogP contribution in [0.15, 0.2) is 55.2 Å². The number of nitrogens with zero attached hydrogens (tertiary/aromatic N) is 6. The van der Waals surface area contributed by atoms with Crippen LogP contribution in [0.1, 0.15) is 48.8 Å². The number of pyridine rings is 1. The second kappa shape index (κ2) is 9.92. The van der Waals surface area contributed by atoms with Crippen LogP contribution in [0.3, 0.4) is 0 Å². The highest BCUT2D eigenvalue weighted by Gasteiger charge is 2.17. The van der Waals surface area contributed by atoms with E-state index in [2.05, 4.69) is 38.4 Å². The van der Waals surface area contributed by atoms with Gasteiger partial charge in [-0.3, -0.25) is 19.4 Å². The maximum atomic E-state index is 12.8. The van der Waals surface area contributed by atoms with Crippen LogP contribution >= 0.6 is 0 Å². The Balaban J connectivity index is 1.34. The van der Waals surface area contributed by atoms with E-state index in [1.165, 1.54) is 0 Å². The van der Waals surface area contributed by atoms with Crippen LogP contribution in [-0.4, -0.2) is 61.6 Å². The van der Waals surface area contributed by atoms with Crippen molar-refractivity contribution in [1.29, 1.82) is 0 Å². The van der Waals surface area contributed by atoms with Crippen LogP contribution in [0.5, 0.6) is 0 Å². The minimum absolute atomic E-state index is 0.0125. The first-order valence-corrected chi connectivity index (χ1v) is 12.2. The Morgan fingerprint density at radius 3 is 2.69 bits per heavy atom. The van der Waals surface area contributed by atoms with Crippen molar-refractivity contribution in [1.82, 2.24) is 29.6 Å². The van der Waals surface area contributed by atoms with Crippen molar-refractivity contribution in [3.05, 3.63) is 66.5 Å². The number of carbonyl (C=O) groups excluding carboxylic acids is 1. The van der Waals surface area contributed by atoms with Crippen LogP contribution in [0.4, 0.5) is 5.82 Å². The second-order valence-corrected chi connectivity index (χ2v) is 9.65. The van der Waals surface area contributed by atoms with Crippen molar-refractivity contribution in [2.24, 2.45) is 0 Å². The first-order chi connectivity index (χ1) is 16.9. The predicted octanol–water partition coefficient (Wildman–Crippen LogP) is 4.40. The van der Waals surface area contributed by atoms with Gasteiger partial charge in [0.1, 0.15) is 5.82 Å². The summed E-state index contributed by atoms with van der Waals surface area (Å²) in [4.78, 5) is 28.9. The number of nitrogens with one attached hydrogen (secondary N) is 1. The third kappa shape index (κ3) is 5.38. The van der Waals surface area contributed by atoms with E-state index in [9.17, 15) is 4.79 Å². The first-order valence-electron chi connectivity index (χ1n) is 12.2. The van der Waals surface area contributed by atoms with Crippen molar-refractivity contribution in [2.75, 3.05) is 25.5 Å². The number of fused-ring (bicyclic) bond motifs is 1. The molecular weight excluding hydrogens is 438 g/mol. The average molecular weight is 470 g/mol. The summed E-state index contributed by atoms with van der Waals surface area (Å²) in [7, 11) is 2.16. The van der Waals surface area contributed by atoms with Crippen LogP contribution in [0.2, 0.25) is 0 Å². The van der Waals surface area contributed by atoms with Crippen molar-refractivity contribution in [3.8, 4) is 11.3 Å². The second-order valence-electron chi connectivity index (χ2n) is 9.65. The molecule has 8 nitrogen and oxygen atoms in total. The lowest BCUT2D eigenvalue weighted by atomic mass is 10.0. The van der Waals surface area contributed by atoms with Gasteiger partial charge in [0.2, 0.25) is 0 Å². The van der Waals surface area contributed by atoms with Crippen molar-refractivity contribution in [3.63, 3.8) is 0 Å². The number of ketones is 1. The number of benzene rings is 1. The molecular formula is C27H31N7O. The summed E-state index contributed by atoms with van der Waals surface area (Å²) in [6, 6.07) is 8.79. The average Bonchev–Trinajstić information content (AvgIpc) is 3.36. The Labute approximate surface area is 205 Å². The lowest BCUT2D eigenvalue weighted by Crippen LogP contribution is -2.36. The summed E-state index contributed by atoms with van der Waals surface area (Å²) in [5.74, 6) is 0.818. The molecule has 0 radical (unpaired) electrons. The fraction of sp³-hybridized carbons (Fsp3) is 0.370. The third-order valence-electron chi connectivity index (χ3n) is 6.57. The fourth-order valence-electron chi connectivity index (χ4n) is 4.41. The lowest BCUT2D eigenvalue weighted by Gasteiger charge is -2.29. The van der Waals surface area contributed by atoms with Gasteiger partial charge in [0, 0.05) is 41.1 Å². The monoisotopic (exact) mass is 469 g/mol. The molecule has 35 heavy (non-hydrogen) atoms. The van der Waals surface area contributed by atoms with E-state index in [1.54, 1.807) is 29.5 Å². The minimum atomic E-state index is 0.0125. The van der Waals surface area contributed by atoms with Gasteiger partial charge in [-0.1, -0.05) is 12.1 Å². The molecule has 180 valence electrons. The molecule has 1 aromatic carbocycles. The lowest BCUT2D eigenvalue weighted by molar-refractivity contribution is 0.0992. The highest BCUT2D eigenvalue weighted by atomic mass is 16.1. The zero-order valence-electron chi connectivity index (χ0n) is 20.5. The Morgan fingerprint density at radius 2 is 1.91 bits per heavy atom. The van der Waals surface area contributed by atoms with Crippen LogP contribution in [0, 0.1) is 0 Å². The number of aromatic nitrogens is 5. The Bertz CT molecular complexity index is 1340. The van der Waals surface area contributed by atoms with Gasteiger partial charge in [-0.2, -0.15) is 5.10 Å². The Morgan fingerprint density at radius 1 is 1.09 bits per heavy atom. The molecule has 0 unspecified atom stereocenters. The molecule has 4 aromatic rings. The van der Waals surface area contributed by atoms with Crippen LogP contribution in [-0.2, 0) is 6.42 Å². The minimum Gasteiger partial charge on any atom is -0.366 e. The zero-order chi connectivity index (χ0) is 24.4. The van der Waals surface area contributed by atoms with E-state index in [0.29, 0.717) is 11.6 Å². The zero-order valence-corrected chi connectivity index (χ0v) is 20.5. The van der Waals surface area contributed by atoms with Gasteiger partial charge in [0.15, 0.2) is 5.78 Å². The summed E-state index contributed by atoms with van der Waals surface area (Å²) in [5, 5.41) is 9.87. The van der Waals surface area contributed by atoms with E-state index in [4.69, 9.17) is 4.98 Å². The Kier molecular flexibility index (Phi) is 6.55. The largest absolute Gasteiger partial charge is 0.366 e. The predicted molar refractivity (Wildman–Crippen MR) is 138 cm³/mol. The van der Waals surface area contributed by atoms with Gasteiger partial charge >= 0.3 is 0 Å². The molecule has 4 heterocycles. The molecule has 0 atom stereocenters. The first kappa shape index (κ1) is 23.1. The number of anilines is 1. The SMILES string of the molecule is CC(C)n1cc(C(=O)Cc2cc3cc(-c4cncc(NC5CCN(C)CC5)n4)ccc3cn2)cn1. The van der Waals surface area contributed by atoms with E-state index >= 15 is 0 Å². The number of hydrogen-bond donors (Lipinski definition) is 1. The third-order valence-corrected chi connectivity index (χ3v) is 6.57. The quantitative estimate of drug-likeness (QED) is 0.401. The van der Waals surface area contributed by atoms with E-state index in [1.807, 2.05) is 38.2 Å². The molecule has 0 spiro atoms. The maximum absolute atomic E-state index is 12.8. The summed E-state index contributed by atoms with van der Waals surface area (Å²) >= 11 is 0. The number of rotatable bonds is 7. The van der Waals surface area contributed by atoms with Crippen molar-refractivity contribution >= 4 is 22.4 Å². The fourth-order valence-corrected chi connectivity index (χ4v) is 4.41. The molecule has 1 fully saturated rings. The molecule has 0 bridgehead atoms. The molecule has 1 aliphatic heterocycles. The highest BCUT2D eigenvalue weighted by molar-refractivity contribution is 5.97. The number of piperidine rings is 1. The van der Waals surface area contributed by atoms with E-state index < -0.39 is 0 Å². The number of carbonyl (C=O) groups is 1. The van der Waals surface area contributed by atoms with Gasteiger partial charge < -0.3 is 10.2 Å². The number of hydrogen-bond acceptors (Lipinski definition) is 7. The Hall–Kier alpha value is -3.65. The van der Waals surface area contributed by atoms with Gasteiger partial charge in [-0.25, -0.2) is 4.98 Å². The van der Waals surface area contributed by atoms with Gasteiger partial charge in [-0.15, -0.1) is 0 Å². The summed E-state index contributed by atoms with van der Waals surface area (Å²) in [6.45, 7) is 6.26. The molecule has 1 aliphatic rings. The summed E-state index contributed by atoms with van der Waals surface area (Å²) in [5.41, 5.74) is 3.15. The standard InChI is InChI=1S/C27H31N7O/c1-18(2)34-17-22(14-30-34)26(35)12-24-11-21-10-19(4-5-20(21)13-29-24)25-15-28-16-27(32-25)31-23-6-8-33(3)9-7-23/h4-5,10-11,13-18,23H,6-9,12H2,1-3H3,(H,31,32). The van der Waals surface area contributed by atoms with Crippen molar-refractivity contribution < 1.29 is 4.79 Å². The maximum Gasteiger partial charge on any atom is 0.171 e. The molecule has 8 heteroatoms. The highest BCUT2D eigenvalue weighted by Crippen LogP contribution is 2.25. The molecule has 3 aromatic heterocycles. The number of Topliss-reactive ketones (excluding diaryl/α,β-unsaturated/α-hetero) is 1. The summed E-state index contributed by atoms with van der Waals surface area (Å²) in [6.07, 6.45) is 11.3. The molecule has 1 N–H and O–H groups in total. The van der Waals surface area contributed by atoms with Gasteiger partial charge in [-0.05, 0) is 64.3 Å². The molecule has 0 amide bonds. The van der Waals surface area contributed by atoms with E-state index in [-0.39, 0.29) is 18.2 Å². The molecule has 0 saturated carbocycles. The molecule has 1 saturated heterocycles. The van der Waals surface area contributed by atoms with Crippen LogP contribution < -0.4 is 5.32 Å². The normalized spacial score (nSPS) is 15.1.